The van der Waals surface area contributed by atoms with Crippen LogP contribution in [0.1, 0.15) is 26.2 Å². The van der Waals surface area contributed by atoms with E-state index < -0.39 is 6.17 Å². The van der Waals surface area contributed by atoms with Gasteiger partial charge in [-0.3, -0.25) is 4.90 Å². The van der Waals surface area contributed by atoms with E-state index in [1.807, 2.05) is 47.0 Å². The second kappa shape index (κ2) is 8.16. The average molecular weight is 437 g/mol. The molecule has 2 aromatic heterocycles. The van der Waals surface area contributed by atoms with Crippen LogP contribution in [0.5, 0.6) is 5.75 Å². The summed E-state index contributed by atoms with van der Waals surface area (Å²) >= 11 is 0. The van der Waals surface area contributed by atoms with Crippen molar-refractivity contribution in [2.45, 2.75) is 50.5 Å². The van der Waals surface area contributed by atoms with Crippen LogP contribution in [-0.2, 0) is 0 Å². The predicted molar refractivity (Wildman–Crippen MR) is 122 cm³/mol. The molecule has 0 aliphatic carbocycles. The van der Waals surface area contributed by atoms with E-state index in [9.17, 15) is 5.11 Å². The first kappa shape index (κ1) is 20.9. The lowest BCUT2D eigenvalue weighted by Crippen LogP contribution is -2.63. The number of aromatic nitrogens is 4. The molecule has 0 radical (unpaired) electrons. The van der Waals surface area contributed by atoms with Gasteiger partial charge in [-0.15, -0.1) is 10.2 Å². The van der Waals surface area contributed by atoms with E-state index in [1.165, 1.54) is 0 Å². The Morgan fingerprint density at radius 2 is 1.97 bits per heavy atom. The SMILES string of the molecule is CC1CC2C[C@H](N(C)c3ccc(-c4ccc(-n5ccnc5)cc4O)nn3)[C@@H](F)C(C1)N2C. The van der Waals surface area contributed by atoms with Gasteiger partial charge in [-0.2, -0.15) is 0 Å². The number of alkyl halides is 1. The zero-order valence-corrected chi connectivity index (χ0v) is 18.6. The molecule has 3 unspecified atom stereocenters. The summed E-state index contributed by atoms with van der Waals surface area (Å²) in [6.45, 7) is 2.23. The highest BCUT2D eigenvalue weighted by Gasteiger charge is 2.47. The van der Waals surface area contributed by atoms with Crippen molar-refractivity contribution in [3.63, 3.8) is 0 Å². The van der Waals surface area contributed by atoms with Crippen molar-refractivity contribution in [2.24, 2.45) is 5.92 Å². The molecule has 2 saturated heterocycles. The summed E-state index contributed by atoms with van der Waals surface area (Å²) in [4.78, 5) is 8.20. The first-order valence-corrected chi connectivity index (χ1v) is 11.2. The summed E-state index contributed by atoms with van der Waals surface area (Å²) in [5.74, 6) is 1.33. The maximum atomic E-state index is 15.5. The first-order chi connectivity index (χ1) is 15.4. The number of benzene rings is 1. The number of phenols is 1. The molecule has 0 spiro atoms. The Bertz CT molecular complexity index is 1070. The van der Waals surface area contributed by atoms with E-state index in [2.05, 4.69) is 34.1 Å². The zero-order chi connectivity index (χ0) is 22.4. The number of rotatable bonds is 4. The summed E-state index contributed by atoms with van der Waals surface area (Å²) in [5.41, 5.74) is 1.98. The Morgan fingerprint density at radius 3 is 2.66 bits per heavy atom. The largest absolute Gasteiger partial charge is 0.507 e. The molecule has 2 aliphatic heterocycles. The quantitative estimate of drug-likeness (QED) is 0.673. The number of piperidine rings is 2. The molecule has 2 bridgehead atoms. The van der Waals surface area contributed by atoms with Crippen molar-refractivity contribution in [2.75, 3.05) is 19.0 Å². The highest BCUT2D eigenvalue weighted by molar-refractivity contribution is 5.69. The molecule has 1 aromatic carbocycles. The van der Waals surface area contributed by atoms with E-state index in [0.29, 0.717) is 29.0 Å². The third kappa shape index (κ3) is 3.62. The summed E-state index contributed by atoms with van der Waals surface area (Å²) in [6, 6.07) is 9.22. The maximum absolute atomic E-state index is 15.5. The van der Waals surface area contributed by atoms with Gasteiger partial charge in [0.25, 0.3) is 0 Å². The molecule has 4 heterocycles. The van der Waals surface area contributed by atoms with Crippen molar-refractivity contribution < 1.29 is 9.50 Å². The molecule has 5 atom stereocenters. The molecule has 8 heteroatoms. The molecule has 7 nitrogen and oxygen atoms in total. The second-order valence-corrected chi connectivity index (χ2v) is 9.27. The van der Waals surface area contributed by atoms with E-state index in [1.54, 1.807) is 18.6 Å². The third-order valence-electron chi connectivity index (χ3n) is 7.24. The lowest BCUT2D eigenvalue weighted by atomic mass is 9.76. The molecule has 168 valence electrons. The van der Waals surface area contributed by atoms with E-state index in [4.69, 9.17) is 0 Å². The van der Waals surface area contributed by atoms with E-state index >= 15 is 4.39 Å². The van der Waals surface area contributed by atoms with Gasteiger partial charge in [-0.1, -0.05) is 6.92 Å². The van der Waals surface area contributed by atoms with Crippen molar-refractivity contribution in [3.8, 4) is 22.7 Å². The Hall–Kier alpha value is -3.00. The van der Waals surface area contributed by atoms with Crippen LogP contribution in [0.15, 0.2) is 49.1 Å². The Morgan fingerprint density at radius 1 is 1.12 bits per heavy atom. The van der Waals surface area contributed by atoms with Crippen molar-refractivity contribution in [1.29, 1.82) is 0 Å². The standard InChI is InChI=1S/C24H29FN6O/c1-15-10-17-12-21(24(25)20(11-15)29(17)2)30(3)23-7-6-19(27-28-23)18-5-4-16(13-22(18)32)31-9-8-26-14-31/h4-9,13-15,17,20-21,24,32H,10-12H2,1-3H3/t15?,17?,20?,21-,24-/m0/s1. The minimum atomic E-state index is -0.926. The number of phenolic OH excluding ortho intramolecular Hbond substituents is 1. The van der Waals surface area contributed by atoms with Crippen LogP contribution >= 0.6 is 0 Å². The fraction of sp³-hybridized carbons (Fsp3) is 0.458. The van der Waals surface area contributed by atoms with Gasteiger partial charge in [-0.25, -0.2) is 9.37 Å². The number of nitrogens with zero attached hydrogens (tertiary/aromatic N) is 6. The van der Waals surface area contributed by atoms with Crippen molar-refractivity contribution in [3.05, 3.63) is 49.1 Å². The molecule has 2 fully saturated rings. The van der Waals surface area contributed by atoms with Gasteiger partial charge in [0.15, 0.2) is 5.82 Å². The number of hydrogen-bond acceptors (Lipinski definition) is 6. The van der Waals surface area contributed by atoms with Crippen molar-refractivity contribution in [1.82, 2.24) is 24.6 Å². The van der Waals surface area contributed by atoms with Gasteiger partial charge in [-0.05, 0) is 56.5 Å². The molecular formula is C24H29FN6O. The van der Waals surface area contributed by atoms with Crippen LogP contribution in [0.2, 0.25) is 0 Å². The topological polar surface area (TPSA) is 70.3 Å². The van der Waals surface area contributed by atoms with Crippen molar-refractivity contribution >= 4 is 5.82 Å². The van der Waals surface area contributed by atoms with E-state index in [-0.39, 0.29) is 17.8 Å². The molecule has 3 aromatic rings. The molecule has 32 heavy (non-hydrogen) atoms. The monoisotopic (exact) mass is 436 g/mol. The third-order valence-corrected chi connectivity index (χ3v) is 7.24. The van der Waals surface area contributed by atoms with Crippen LogP contribution in [0.3, 0.4) is 0 Å². The Labute approximate surface area is 187 Å². The van der Waals surface area contributed by atoms with Crippen LogP contribution in [0, 0.1) is 5.92 Å². The summed E-state index contributed by atoms with van der Waals surface area (Å²) in [6.07, 6.45) is 7.05. The molecule has 0 amide bonds. The predicted octanol–water partition coefficient (Wildman–Crippen LogP) is 3.68. The van der Waals surface area contributed by atoms with Gasteiger partial charge in [0.2, 0.25) is 0 Å². The number of anilines is 1. The summed E-state index contributed by atoms with van der Waals surface area (Å²) in [7, 11) is 3.96. The number of aromatic hydroxyl groups is 1. The van der Waals surface area contributed by atoms with Gasteiger partial charge in [0, 0.05) is 43.2 Å². The minimum Gasteiger partial charge on any atom is -0.507 e. The fourth-order valence-electron chi connectivity index (χ4n) is 5.37. The average Bonchev–Trinajstić information content (AvgIpc) is 3.32. The van der Waals surface area contributed by atoms with Crippen LogP contribution < -0.4 is 4.90 Å². The molecule has 1 N–H and O–H groups in total. The first-order valence-electron chi connectivity index (χ1n) is 11.2. The van der Waals surface area contributed by atoms with Gasteiger partial charge < -0.3 is 14.6 Å². The molecule has 5 rings (SSSR count). The Balaban J connectivity index is 1.35. The summed E-state index contributed by atoms with van der Waals surface area (Å²) < 4.78 is 17.3. The van der Waals surface area contributed by atoms with E-state index in [0.717, 1.165) is 24.9 Å². The number of halogens is 1. The lowest BCUT2D eigenvalue weighted by molar-refractivity contribution is -0.0242. The zero-order valence-electron chi connectivity index (χ0n) is 18.6. The number of hydrogen-bond donors (Lipinski definition) is 1. The van der Waals surface area contributed by atoms with Crippen LogP contribution in [-0.4, -0.2) is 68.1 Å². The number of imidazole rings is 1. The number of fused-ring (bicyclic) bond motifs is 2. The smallest absolute Gasteiger partial charge is 0.151 e. The highest BCUT2D eigenvalue weighted by atomic mass is 19.1. The molecule has 2 aliphatic rings. The maximum Gasteiger partial charge on any atom is 0.151 e. The fourth-order valence-corrected chi connectivity index (χ4v) is 5.37. The van der Waals surface area contributed by atoms with Crippen LogP contribution in [0.25, 0.3) is 16.9 Å². The van der Waals surface area contributed by atoms with Gasteiger partial charge in [0.1, 0.15) is 11.9 Å². The summed E-state index contributed by atoms with van der Waals surface area (Å²) in [5, 5.41) is 19.2. The second-order valence-electron chi connectivity index (χ2n) is 9.27. The Kier molecular flexibility index (Phi) is 5.33. The van der Waals surface area contributed by atoms with Crippen LogP contribution in [0.4, 0.5) is 10.2 Å². The van der Waals surface area contributed by atoms with Gasteiger partial charge >= 0.3 is 0 Å². The minimum absolute atomic E-state index is 0.0388. The molecular weight excluding hydrogens is 407 g/mol. The highest BCUT2D eigenvalue weighted by Crippen LogP contribution is 2.39. The lowest BCUT2D eigenvalue weighted by Gasteiger charge is -2.52. The normalized spacial score (nSPS) is 27.9. The molecule has 0 saturated carbocycles. The van der Waals surface area contributed by atoms with Gasteiger partial charge in [0.05, 0.1) is 23.8 Å².